The van der Waals surface area contributed by atoms with Crippen LogP contribution in [0, 0.1) is 0 Å². The average Bonchev–Trinajstić information content (AvgIpc) is 2.89. The first-order chi connectivity index (χ1) is 16.4. The van der Waals surface area contributed by atoms with E-state index in [-0.39, 0.29) is 25.2 Å². The molecule has 0 saturated carbocycles. The van der Waals surface area contributed by atoms with E-state index in [1.54, 1.807) is 13.8 Å². The Morgan fingerprint density at radius 2 is 1.15 bits per heavy atom. The lowest BCUT2D eigenvalue weighted by Crippen LogP contribution is -2.56. The minimum Gasteiger partial charge on any atom is -0.469 e. The van der Waals surface area contributed by atoms with Gasteiger partial charge in [-0.2, -0.15) is 0 Å². The molecule has 0 bridgehead atoms. The molecule has 3 aromatic rings. The lowest BCUT2D eigenvalue weighted by Gasteiger charge is -2.39. The van der Waals surface area contributed by atoms with Crippen molar-refractivity contribution in [2.45, 2.75) is 31.8 Å². The van der Waals surface area contributed by atoms with Crippen molar-refractivity contribution in [1.29, 1.82) is 0 Å². The van der Waals surface area contributed by atoms with E-state index in [0.29, 0.717) is 0 Å². The van der Waals surface area contributed by atoms with Crippen LogP contribution in [0.1, 0.15) is 26.7 Å². The number of carbonyl (C=O) groups excluding carboxylic acids is 3. The Morgan fingerprint density at radius 3 is 1.50 bits per heavy atom. The minimum absolute atomic E-state index is 0.108. The largest absolute Gasteiger partial charge is 0.469 e. The molecule has 1 atom stereocenters. The Kier molecular flexibility index (Phi) is 8.36. The van der Waals surface area contributed by atoms with Gasteiger partial charge in [0.25, 0.3) is 0 Å². The molecule has 1 unspecified atom stereocenters. The maximum Gasteiger partial charge on any atom is 0.358 e. The van der Waals surface area contributed by atoms with Crippen LogP contribution >= 0.6 is 7.26 Å². The zero-order valence-electron chi connectivity index (χ0n) is 19.8. The first kappa shape index (κ1) is 25.3. The lowest BCUT2D eigenvalue weighted by atomic mass is 10.0. The number of Topliss-reactive ketones (excluding diaryl/α,β-unsaturated/α-hetero) is 1. The molecule has 0 aromatic heterocycles. The summed E-state index contributed by atoms with van der Waals surface area (Å²) in [5, 5.41) is 1.08. The third-order valence-electron chi connectivity index (χ3n) is 6.10. The zero-order valence-corrected chi connectivity index (χ0v) is 20.7. The number of hydrogen-bond acceptors (Lipinski definition) is 5. The van der Waals surface area contributed by atoms with Crippen LogP contribution in [-0.4, -0.2) is 36.6 Å². The summed E-state index contributed by atoms with van der Waals surface area (Å²) in [4.78, 5) is 39.9. The highest BCUT2D eigenvalue weighted by molar-refractivity contribution is 7.98. The molecule has 0 saturated heterocycles. The summed E-state index contributed by atoms with van der Waals surface area (Å²) in [5.74, 6) is -1.43. The van der Waals surface area contributed by atoms with Crippen molar-refractivity contribution in [3.8, 4) is 0 Å². The Labute approximate surface area is 201 Å². The molecule has 3 rings (SSSR count). The summed E-state index contributed by atoms with van der Waals surface area (Å²) in [6.45, 7) is 3.55. The summed E-state index contributed by atoms with van der Waals surface area (Å²) in [6, 6.07) is 29.1. The van der Waals surface area contributed by atoms with Gasteiger partial charge in [0.15, 0.2) is 5.78 Å². The molecule has 0 spiro atoms. The van der Waals surface area contributed by atoms with E-state index >= 15 is 0 Å². The maximum absolute atomic E-state index is 14.1. The summed E-state index contributed by atoms with van der Waals surface area (Å²) in [6.07, 6.45) is -0.237. The van der Waals surface area contributed by atoms with Gasteiger partial charge in [-0.15, -0.1) is 0 Å². The molecule has 0 N–H and O–H groups in total. The van der Waals surface area contributed by atoms with Crippen molar-refractivity contribution < 1.29 is 23.9 Å². The summed E-state index contributed by atoms with van der Waals surface area (Å²) < 4.78 is 10.3. The van der Waals surface area contributed by atoms with Gasteiger partial charge in [-0.3, -0.25) is 9.59 Å². The van der Waals surface area contributed by atoms with Crippen LogP contribution in [0.2, 0.25) is 0 Å². The number of rotatable bonds is 10. The number of carbonyl (C=O) groups is 3. The van der Waals surface area contributed by atoms with E-state index in [0.717, 1.165) is 15.9 Å². The van der Waals surface area contributed by atoms with Gasteiger partial charge in [0.05, 0.1) is 20.1 Å². The van der Waals surface area contributed by atoms with Crippen molar-refractivity contribution >= 4 is 40.9 Å². The molecule has 176 valence electrons. The van der Waals surface area contributed by atoms with Crippen LogP contribution < -0.4 is 15.9 Å². The van der Waals surface area contributed by atoms with Gasteiger partial charge in [0.1, 0.15) is 23.2 Å². The molecule has 3 aromatic carbocycles. The van der Waals surface area contributed by atoms with Gasteiger partial charge in [-0.25, -0.2) is 4.79 Å². The number of benzene rings is 3. The van der Waals surface area contributed by atoms with Crippen LogP contribution in [0.15, 0.2) is 91.0 Å². The van der Waals surface area contributed by atoms with Gasteiger partial charge in [0.2, 0.25) is 5.16 Å². The van der Waals surface area contributed by atoms with Gasteiger partial charge in [-0.05, 0) is 50.2 Å². The van der Waals surface area contributed by atoms with E-state index in [9.17, 15) is 14.4 Å². The highest BCUT2D eigenvalue weighted by atomic mass is 31.2. The molecule has 0 aliphatic rings. The highest BCUT2D eigenvalue weighted by Gasteiger charge is 2.69. The second-order valence-electron chi connectivity index (χ2n) is 7.97. The molecule has 34 heavy (non-hydrogen) atoms. The number of ketones is 1. The molecule has 0 radical (unpaired) electrons. The smallest absolute Gasteiger partial charge is 0.358 e. The van der Waals surface area contributed by atoms with E-state index < -0.39 is 24.4 Å². The van der Waals surface area contributed by atoms with Gasteiger partial charge in [0, 0.05) is 6.42 Å². The summed E-state index contributed by atoms with van der Waals surface area (Å²) >= 11 is 0. The number of esters is 2. The first-order valence-corrected chi connectivity index (χ1v) is 13.0. The van der Waals surface area contributed by atoms with Gasteiger partial charge >= 0.3 is 11.9 Å². The predicted octanol–water partition coefficient (Wildman–Crippen LogP) is 3.82. The van der Waals surface area contributed by atoms with Crippen LogP contribution in [0.4, 0.5) is 0 Å². The Hall–Kier alpha value is -3.30. The first-order valence-electron chi connectivity index (χ1n) is 11.3. The van der Waals surface area contributed by atoms with Crippen LogP contribution in [-0.2, 0) is 23.9 Å². The fourth-order valence-corrected chi connectivity index (χ4v) is 9.57. The monoisotopic (exact) mass is 477 g/mol. The summed E-state index contributed by atoms with van der Waals surface area (Å²) in [7, 11) is -1.68. The van der Waals surface area contributed by atoms with E-state index in [4.69, 9.17) is 9.47 Å². The molecule has 5 nitrogen and oxygen atoms in total. The number of methoxy groups -OCH3 is 1. The number of hydrogen-bond donors (Lipinski definition) is 0. The fourth-order valence-electron chi connectivity index (χ4n) is 4.45. The molecule has 0 fully saturated rings. The Morgan fingerprint density at radius 1 is 0.735 bits per heavy atom. The predicted molar refractivity (Wildman–Crippen MR) is 136 cm³/mol. The lowest BCUT2D eigenvalue weighted by molar-refractivity contribution is -0.150. The average molecular weight is 478 g/mol. The molecule has 0 aliphatic heterocycles. The van der Waals surface area contributed by atoms with E-state index in [1.807, 2.05) is 91.0 Å². The molecular weight excluding hydrogens is 447 g/mol. The third-order valence-corrected chi connectivity index (χ3v) is 11.1. The highest BCUT2D eigenvalue weighted by Crippen LogP contribution is 2.66. The second-order valence-corrected chi connectivity index (χ2v) is 11.8. The fraction of sp³-hybridized carbons (Fsp3) is 0.250. The SMILES string of the molecule is CCOC(=O)C(C)(C(=O)CCC(=O)OC)[P+](c1ccccc1)(c1ccccc1)c1ccccc1. The minimum atomic E-state index is -2.96. The van der Waals surface area contributed by atoms with Crippen molar-refractivity contribution in [2.75, 3.05) is 13.7 Å². The Bertz CT molecular complexity index is 1020. The molecular formula is C28H30O5P+. The standard InChI is InChI=1S/C28H30O5P/c1-4-33-27(31)28(2,25(29)20-21-26(30)32-3)34(22-14-8-5-9-15-22,23-16-10-6-11-17-23)24-18-12-7-13-19-24/h5-19H,4,20-21H2,1-3H3/q+1. The quantitative estimate of drug-likeness (QED) is 0.252. The van der Waals surface area contributed by atoms with Gasteiger partial charge in [-0.1, -0.05) is 54.6 Å². The molecule has 0 amide bonds. The second kappa shape index (κ2) is 11.2. The molecule has 0 aliphatic carbocycles. The molecule has 6 heteroatoms. The zero-order chi connectivity index (χ0) is 24.6. The van der Waals surface area contributed by atoms with Crippen molar-refractivity contribution in [3.63, 3.8) is 0 Å². The van der Waals surface area contributed by atoms with Crippen molar-refractivity contribution in [3.05, 3.63) is 91.0 Å². The van der Waals surface area contributed by atoms with Gasteiger partial charge < -0.3 is 9.47 Å². The van der Waals surface area contributed by atoms with Crippen LogP contribution in [0.5, 0.6) is 0 Å². The van der Waals surface area contributed by atoms with E-state index in [1.165, 1.54) is 7.11 Å². The maximum atomic E-state index is 14.1. The van der Waals surface area contributed by atoms with Crippen LogP contribution in [0.25, 0.3) is 0 Å². The normalized spacial score (nSPS) is 12.9. The van der Waals surface area contributed by atoms with Crippen molar-refractivity contribution in [1.82, 2.24) is 0 Å². The van der Waals surface area contributed by atoms with Crippen molar-refractivity contribution in [2.24, 2.45) is 0 Å². The summed E-state index contributed by atoms with van der Waals surface area (Å²) in [5.41, 5.74) is 0. The molecule has 0 heterocycles. The Balaban J connectivity index is 2.43. The van der Waals surface area contributed by atoms with Crippen LogP contribution in [0.3, 0.4) is 0 Å². The topological polar surface area (TPSA) is 69.7 Å². The van der Waals surface area contributed by atoms with E-state index in [2.05, 4.69) is 0 Å². The third kappa shape index (κ3) is 4.53. The number of ether oxygens (including phenoxy) is 2.